The number of aromatic nitrogens is 2. The Labute approximate surface area is 135 Å². The molecule has 1 aromatic carbocycles. The highest BCUT2D eigenvalue weighted by atomic mass is 16.5. The third kappa shape index (κ3) is 2.55. The van der Waals surface area contributed by atoms with E-state index < -0.39 is 0 Å². The first kappa shape index (κ1) is 14.5. The second-order valence-electron chi connectivity index (χ2n) is 6.41. The number of amides is 1. The van der Waals surface area contributed by atoms with Gasteiger partial charge in [0.2, 0.25) is 0 Å². The summed E-state index contributed by atoms with van der Waals surface area (Å²) in [5, 5.41) is 7.35. The van der Waals surface area contributed by atoms with E-state index in [9.17, 15) is 4.79 Å². The molecule has 120 valence electrons. The lowest BCUT2D eigenvalue weighted by Gasteiger charge is -2.38. The molecular weight excluding hydrogens is 290 g/mol. The molecule has 4 rings (SSSR count). The number of hydrogen-bond acceptors (Lipinski definition) is 3. The second kappa shape index (κ2) is 5.81. The van der Waals surface area contributed by atoms with Crippen molar-refractivity contribution < 1.29 is 9.53 Å². The van der Waals surface area contributed by atoms with Crippen molar-refractivity contribution in [3.05, 3.63) is 52.8 Å². The Hall–Kier alpha value is -2.14. The Morgan fingerprint density at radius 2 is 2.13 bits per heavy atom. The van der Waals surface area contributed by atoms with E-state index in [4.69, 9.17) is 4.74 Å². The Balaban J connectivity index is 1.67. The Morgan fingerprint density at radius 3 is 2.96 bits per heavy atom. The molecule has 5 heteroatoms. The van der Waals surface area contributed by atoms with Crippen molar-refractivity contribution in [2.24, 2.45) is 0 Å². The van der Waals surface area contributed by atoms with Crippen LogP contribution in [0.15, 0.2) is 30.3 Å². The number of fused-ring (bicyclic) bond motifs is 1. The fraction of sp³-hybridized carbons (Fsp3) is 0.444. The molecule has 1 aliphatic heterocycles. The van der Waals surface area contributed by atoms with Crippen LogP contribution in [0.25, 0.3) is 0 Å². The lowest BCUT2D eigenvalue weighted by Crippen LogP contribution is -2.47. The number of aromatic amines is 1. The standard InChI is InChI=1S/C18H21N3O2/c1-12-10-21(16(11-23-12)13-6-3-2-4-7-13)18(22)17-14-8-5-9-15(14)19-20-17/h2-4,6-7,12,16H,5,8-11H2,1H3,(H,19,20). The van der Waals surface area contributed by atoms with Gasteiger partial charge in [0.05, 0.1) is 18.8 Å². The first-order valence-electron chi connectivity index (χ1n) is 8.27. The third-order valence-corrected chi connectivity index (χ3v) is 4.82. The molecule has 0 spiro atoms. The minimum atomic E-state index is -0.0475. The van der Waals surface area contributed by atoms with E-state index in [2.05, 4.69) is 22.3 Å². The van der Waals surface area contributed by atoms with Crippen LogP contribution in [0.4, 0.5) is 0 Å². The molecule has 0 saturated carbocycles. The van der Waals surface area contributed by atoms with Crippen LogP contribution >= 0.6 is 0 Å². The highest BCUT2D eigenvalue weighted by Crippen LogP contribution is 2.30. The molecule has 1 fully saturated rings. The molecule has 1 aliphatic carbocycles. The lowest BCUT2D eigenvalue weighted by atomic mass is 10.0. The van der Waals surface area contributed by atoms with Gasteiger partial charge in [0, 0.05) is 17.8 Å². The summed E-state index contributed by atoms with van der Waals surface area (Å²) in [4.78, 5) is 15.1. The zero-order valence-corrected chi connectivity index (χ0v) is 13.3. The van der Waals surface area contributed by atoms with Gasteiger partial charge in [0.1, 0.15) is 0 Å². The predicted molar refractivity (Wildman–Crippen MR) is 86.2 cm³/mol. The fourth-order valence-electron chi connectivity index (χ4n) is 3.61. The van der Waals surface area contributed by atoms with Gasteiger partial charge in [-0.3, -0.25) is 9.89 Å². The molecule has 1 saturated heterocycles. The number of carbonyl (C=O) groups is 1. The molecule has 23 heavy (non-hydrogen) atoms. The van der Waals surface area contributed by atoms with Crippen molar-refractivity contribution in [1.82, 2.24) is 15.1 Å². The van der Waals surface area contributed by atoms with Gasteiger partial charge in [0.25, 0.3) is 5.91 Å². The van der Waals surface area contributed by atoms with Crippen molar-refractivity contribution >= 4 is 5.91 Å². The number of carbonyl (C=O) groups excluding carboxylic acids is 1. The zero-order valence-electron chi connectivity index (χ0n) is 13.3. The number of nitrogens with one attached hydrogen (secondary N) is 1. The van der Waals surface area contributed by atoms with Gasteiger partial charge in [-0.1, -0.05) is 30.3 Å². The third-order valence-electron chi connectivity index (χ3n) is 4.82. The number of H-pyrrole nitrogens is 1. The predicted octanol–water partition coefficient (Wildman–Crippen LogP) is 2.50. The van der Waals surface area contributed by atoms with E-state index in [1.165, 1.54) is 0 Å². The summed E-state index contributed by atoms with van der Waals surface area (Å²) in [5.41, 5.74) is 3.96. The first-order valence-corrected chi connectivity index (χ1v) is 8.27. The maximum Gasteiger partial charge on any atom is 0.275 e. The highest BCUT2D eigenvalue weighted by molar-refractivity contribution is 5.94. The number of ether oxygens (including phenoxy) is 1. The molecule has 2 aliphatic rings. The maximum atomic E-state index is 13.1. The summed E-state index contributed by atoms with van der Waals surface area (Å²) in [7, 11) is 0. The number of hydrogen-bond donors (Lipinski definition) is 1. The molecule has 1 N–H and O–H groups in total. The van der Waals surface area contributed by atoms with Crippen LogP contribution in [0.1, 0.15) is 46.7 Å². The molecular formula is C18H21N3O2. The van der Waals surface area contributed by atoms with Gasteiger partial charge >= 0.3 is 0 Å². The first-order chi connectivity index (χ1) is 11.2. The van der Waals surface area contributed by atoms with Crippen LogP contribution in [-0.2, 0) is 17.6 Å². The van der Waals surface area contributed by atoms with Crippen LogP contribution in [0.5, 0.6) is 0 Å². The Morgan fingerprint density at radius 1 is 1.30 bits per heavy atom. The molecule has 2 heterocycles. The summed E-state index contributed by atoms with van der Waals surface area (Å²) in [5.74, 6) is 0.0217. The van der Waals surface area contributed by atoms with Crippen molar-refractivity contribution in [3.8, 4) is 0 Å². The van der Waals surface area contributed by atoms with E-state index in [1.807, 2.05) is 30.0 Å². The number of morpholine rings is 1. The van der Waals surface area contributed by atoms with Gasteiger partial charge in [-0.05, 0) is 31.7 Å². The Kier molecular flexibility index (Phi) is 3.65. The van der Waals surface area contributed by atoms with Gasteiger partial charge in [-0.25, -0.2) is 0 Å². The van der Waals surface area contributed by atoms with Gasteiger partial charge in [-0.15, -0.1) is 0 Å². The number of aryl methyl sites for hydroxylation is 1. The van der Waals surface area contributed by atoms with Crippen LogP contribution in [0.3, 0.4) is 0 Å². The number of benzene rings is 1. The zero-order chi connectivity index (χ0) is 15.8. The fourth-order valence-corrected chi connectivity index (χ4v) is 3.61. The topological polar surface area (TPSA) is 58.2 Å². The SMILES string of the molecule is CC1CN(C(=O)c2n[nH]c3c2CCC3)C(c2ccccc2)CO1. The highest BCUT2D eigenvalue weighted by Gasteiger charge is 2.35. The van der Waals surface area contributed by atoms with Crippen molar-refractivity contribution in [1.29, 1.82) is 0 Å². The minimum Gasteiger partial charge on any atom is -0.374 e. The average molecular weight is 311 g/mol. The molecule has 2 atom stereocenters. The molecule has 2 aromatic rings. The summed E-state index contributed by atoms with van der Waals surface area (Å²) < 4.78 is 5.81. The van der Waals surface area contributed by atoms with Crippen molar-refractivity contribution in [2.45, 2.75) is 38.3 Å². The summed E-state index contributed by atoms with van der Waals surface area (Å²) >= 11 is 0. The van der Waals surface area contributed by atoms with E-state index in [0.717, 1.165) is 36.1 Å². The quantitative estimate of drug-likeness (QED) is 0.927. The van der Waals surface area contributed by atoms with Crippen LogP contribution in [0, 0.1) is 0 Å². The van der Waals surface area contributed by atoms with Crippen LogP contribution < -0.4 is 0 Å². The normalized spacial score (nSPS) is 23.8. The maximum absolute atomic E-state index is 13.1. The molecule has 1 amide bonds. The monoisotopic (exact) mass is 311 g/mol. The number of nitrogens with zero attached hydrogens (tertiary/aromatic N) is 2. The molecule has 5 nitrogen and oxygen atoms in total. The van der Waals surface area contributed by atoms with Gasteiger partial charge in [-0.2, -0.15) is 5.10 Å². The van der Waals surface area contributed by atoms with Crippen molar-refractivity contribution in [2.75, 3.05) is 13.2 Å². The summed E-state index contributed by atoms with van der Waals surface area (Å²) in [6.07, 6.45) is 3.09. The average Bonchev–Trinajstić information content (AvgIpc) is 3.18. The molecule has 1 aromatic heterocycles. The van der Waals surface area contributed by atoms with Crippen LogP contribution in [0.2, 0.25) is 0 Å². The summed E-state index contributed by atoms with van der Waals surface area (Å²) in [6, 6.07) is 10.1. The minimum absolute atomic E-state index is 0.0217. The second-order valence-corrected chi connectivity index (χ2v) is 6.41. The van der Waals surface area contributed by atoms with Gasteiger partial charge < -0.3 is 9.64 Å². The van der Waals surface area contributed by atoms with Crippen molar-refractivity contribution in [3.63, 3.8) is 0 Å². The molecule has 0 radical (unpaired) electrons. The number of rotatable bonds is 2. The summed E-state index contributed by atoms with van der Waals surface area (Å²) in [6.45, 7) is 3.14. The lowest BCUT2D eigenvalue weighted by molar-refractivity contribution is -0.0449. The van der Waals surface area contributed by atoms with Gasteiger partial charge in [0.15, 0.2) is 5.69 Å². The largest absolute Gasteiger partial charge is 0.374 e. The van der Waals surface area contributed by atoms with E-state index in [-0.39, 0.29) is 18.1 Å². The molecule has 0 bridgehead atoms. The smallest absolute Gasteiger partial charge is 0.275 e. The van der Waals surface area contributed by atoms with E-state index in [0.29, 0.717) is 18.8 Å². The molecule has 2 unspecified atom stereocenters. The van der Waals surface area contributed by atoms with Crippen LogP contribution in [-0.4, -0.2) is 40.3 Å². The Bertz CT molecular complexity index is 710. The van der Waals surface area contributed by atoms with E-state index in [1.54, 1.807) is 0 Å². The van der Waals surface area contributed by atoms with E-state index >= 15 is 0 Å².